The van der Waals surface area contributed by atoms with E-state index in [-0.39, 0.29) is 18.4 Å². The highest BCUT2D eigenvalue weighted by Gasteiger charge is 2.06. The van der Waals surface area contributed by atoms with Crippen molar-refractivity contribution in [3.05, 3.63) is 40.2 Å². The number of carbonyl (C=O) groups excluding carboxylic acids is 1. The number of amides is 1. The van der Waals surface area contributed by atoms with Gasteiger partial charge in [0, 0.05) is 22.9 Å². The van der Waals surface area contributed by atoms with Crippen LogP contribution in [0.4, 0.5) is 0 Å². The number of H-pyrrole nitrogens is 1. The zero-order valence-corrected chi connectivity index (χ0v) is 10.4. The molecule has 0 radical (unpaired) electrons. The molecule has 0 aliphatic carbocycles. The number of ether oxygens (including phenoxy) is 1. The highest BCUT2D eigenvalue weighted by Crippen LogP contribution is 2.19. The Balaban J connectivity index is 2.36. The highest BCUT2D eigenvalue weighted by atomic mass is 16.5. The highest BCUT2D eigenvalue weighted by molar-refractivity contribution is 5.81. The number of carbonyl (C=O) groups is 1. The van der Waals surface area contributed by atoms with E-state index in [1.54, 1.807) is 31.4 Å². The van der Waals surface area contributed by atoms with Gasteiger partial charge in [-0.05, 0) is 30.7 Å². The van der Waals surface area contributed by atoms with Crippen molar-refractivity contribution in [1.29, 1.82) is 0 Å². The predicted molar refractivity (Wildman–Crippen MR) is 69.4 cm³/mol. The lowest BCUT2D eigenvalue weighted by molar-refractivity contribution is -0.129. The largest absolute Gasteiger partial charge is 0.497 e. The SMILES string of the molecule is COc1ccc2[nH]c(=O)c(CCC(=O)NO)cc2c1. The Labute approximate surface area is 109 Å². The summed E-state index contributed by atoms with van der Waals surface area (Å²) in [5.74, 6) is 0.170. The molecule has 0 saturated carbocycles. The molecule has 0 unspecified atom stereocenters. The maximum Gasteiger partial charge on any atom is 0.251 e. The molecule has 0 atom stereocenters. The first-order valence-electron chi connectivity index (χ1n) is 5.77. The van der Waals surface area contributed by atoms with Crippen LogP contribution in [0.25, 0.3) is 10.9 Å². The first-order valence-corrected chi connectivity index (χ1v) is 5.77. The average molecular weight is 262 g/mol. The number of aromatic nitrogens is 1. The van der Waals surface area contributed by atoms with Gasteiger partial charge in [-0.25, -0.2) is 5.48 Å². The number of hydroxylamine groups is 1. The number of aromatic amines is 1. The van der Waals surface area contributed by atoms with Crippen molar-refractivity contribution in [2.24, 2.45) is 0 Å². The van der Waals surface area contributed by atoms with Crippen molar-refractivity contribution < 1.29 is 14.7 Å². The maximum atomic E-state index is 11.8. The van der Waals surface area contributed by atoms with Gasteiger partial charge in [0.05, 0.1) is 7.11 Å². The molecule has 1 heterocycles. The van der Waals surface area contributed by atoms with Crippen molar-refractivity contribution in [2.45, 2.75) is 12.8 Å². The summed E-state index contributed by atoms with van der Waals surface area (Å²) in [5.41, 5.74) is 2.51. The minimum Gasteiger partial charge on any atom is -0.497 e. The fourth-order valence-corrected chi connectivity index (χ4v) is 1.85. The van der Waals surface area contributed by atoms with E-state index in [1.165, 1.54) is 5.48 Å². The van der Waals surface area contributed by atoms with Gasteiger partial charge in [0.1, 0.15) is 5.75 Å². The fourth-order valence-electron chi connectivity index (χ4n) is 1.85. The lowest BCUT2D eigenvalue weighted by atomic mass is 10.1. The molecule has 6 nitrogen and oxygen atoms in total. The van der Waals surface area contributed by atoms with Crippen LogP contribution in [-0.2, 0) is 11.2 Å². The number of pyridine rings is 1. The summed E-state index contributed by atoms with van der Waals surface area (Å²) in [6, 6.07) is 7.05. The number of hydrogen-bond donors (Lipinski definition) is 3. The van der Waals surface area contributed by atoms with Crippen LogP contribution in [0.2, 0.25) is 0 Å². The van der Waals surface area contributed by atoms with Gasteiger partial charge in [-0.1, -0.05) is 0 Å². The predicted octanol–water partition coefficient (Wildman–Crippen LogP) is 0.975. The quantitative estimate of drug-likeness (QED) is 0.565. The third kappa shape index (κ3) is 2.92. The molecular weight excluding hydrogens is 248 g/mol. The molecule has 1 amide bonds. The van der Waals surface area contributed by atoms with E-state index in [9.17, 15) is 9.59 Å². The lowest BCUT2D eigenvalue weighted by Gasteiger charge is -2.05. The molecule has 0 bridgehead atoms. The van der Waals surface area contributed by atoms with Gasteiger partial charge < -0.3 is 9.72 Å². The average Bonchev–Trinajstić information content (AvgIpc) is 2.44. The van der Waals surface area contributed by atoms with Crippen molar-refractivity contribution in [2.75, 3.05) is 7.11 Å². The second-order valence-corrected chi connectivity index (χ2v) is 4.11. The number of hydrogen-bond acceptors (Lipinski definition) is 4. The molecule has 1 aromatic heterocycles. The number of benzene rings is 1. The van der Waals surface area contributed by atoms with E-state index >= 15 is 0 Å². The summed E-state index contributed by atoms with van der Waals surface area (Å²) in [6.07, 6.45) is 0.309. The number of methoxy groups -OCH3 is 1. The topological polar surface area (TPSA) is 91.4 Å². The van der Waals surface area contributed by atoms with Crippen molar-refractivity contribution >= 4 is 16.8 Å². The van der Waals surface area contributed by atoms with Crippen molar-refractivity contribution in [1.82, 2.24) is 10.5 Å². The molecular formula is C13H14N2O4. The minimum atomic E-state index is -0.523. The van der Waals surface area contributed by atoms with Crippen molar-refractivity contribution in [3.63, 3.8) is 0 Å². The summed E-state index contributed by atoms with van der Waals surface area (Å²) >= 11 is 0. The zero-order valence-electron chi connectivity index (χ0n) is 10.4. The first kappa shape index (κ1) is 13.1. The summed E-state index contributed by atoms with van der Waals surface area (Å²) < 4.78 is 5.12. The monoisotopic (exact) mass is 262 g/mol. The Morgan fingerprint density at radius 1 is 1.42 bits per heavy atom. The van der Waals surface area contributed by atoms with E-state index in [1.807, 2.05) is 0 Å². The standard InChI is InChI=1S/C13H14N2O4/c1-19-10-3-4-11-9(7-10)6-8(13(17)14-11)2-5-12(16)15-18/h3-4,6-7,18H,2,5H2,1H3,(H,14,17)(H,15,16). The minimum absolute atomic E-state index is 0.0506. The van der Waals surface area contributed by atoms with E-state index in [4.69, 9.17) is 9.94 Å². The number of nitrogens with one attached hydrogen (secondary N) is 2. The molecule has 1 aromatic carbocycles. The van der Waals surface area contributed by atoms with Gasteiger partial charge in [-0.2, -0.15) is 0 Å². The van der Waals surface area contributed by atoms with Crippen LogP contribution >= 0.6 is 0 Å². The number of rotatable bonds is 4. The molecule has 0 aliphatic rings. The molecule has 0 saturated heterocycles. The Kier molecular flexibility index (Phi) is 3.82. The Hall–Kier alpha value is -2.34. The Morgan fingerprint density at radius 2 is 2.21 bits per heavy atom. The van der Waals surface area contributed by atoms with Gasteiger partial charge in [-0.15, -0.1) is 0 Å². The van der Waals surface area contributed by atoms with Crippen LogP contribution in [0.1, 0.15) is 12.0 Å². The number of fused-ring (bicyclic) bond motifs is 1. The van der Waals surface area contributed by atoms with E-state index in [0.717, 1.165) is 5.39 Å². The van der Waals surface area contributed by atoms with E-state index < -0.39 is 5.91 Å². The fraction of sp³-hybridized carbons (Fsp3) is 0.231. The molecule has 100 valence electrons. The van der Waals surface area contributed by atoms with Crippen molar-refractivity contribution in [3.8, 4) is 5.75 Å². The molecule has 19 heavy (non-hydrogen) atoms. The molecule has 2 rings (SSSR count). The summed E-state index contributed by atoms with van der Waals surface area (Å²) in [6.45, 7) is 0. The van der Waals surface area contributed by atoms with Gasteiger partial charge in [-0.3, -0.25) is 14.8 Å². The second kappa shape index (κ2) is 5.53. The molecule has 3 N–H and O–H groups in total. The van der Waals surface area contributed by atoms with E-state index in [2.05, 4.69) is 4.98 Å². The maximum absolute atomic E-state index is 11.8. The third-order valence-corrected chi connectivity index (χ3v) is 2.87. The third-order valence-electron chi connectivity index (χ3n) is 2.87. The summed E-state index contributed by atoms with van der Waals surface area (Å²) in [5, 5.41) is 9.25. The van der Waals surface area contributed by atoms with Crippen LogP contribution in [0.3, 0.4) is 0 Å². The summed E-state index contributed by atoms with van der Waals surface area (Å²) in [4.78, 5) is 25.5. The zero-order chi connectivity index (χ0) is 13.8. The van der Waals surface area contributed by atoms with Crippen LogP contribution in [0, 0.1) is 0 Å². The summed E-state index contributed by atoms with van der Waals surface area (Å²) in [7, 11) is 1.57. The van der Waals surface area contributed by atoms with Gasteiger partial charge in [0.15, 0.2) is 0 Å². The second-order valence-electron chi connectivity index (χ2n) is 4.11. The Bertz CT molecular complexity index is 663. The van der Waals surface area contributed by atoms with Gasteiger partial charge in [0.2, 0.25) is 5.91 Å². The number of aryl methyl sites for hydroxylation is 1. The van der Waals surface area contributed by atoms with Crippen LogP contribution in [0.5, 0.6) is 5.75 Å². The van der Waals surface area contributed by atoms with Crippen LogP contribution in [-0.4, -0.2) is 23.2 Å². The van der Waals surface area contributed by atoms with Crippen LogP contribution < -0.4 is 15.8 Å². The molecule has 6 heteroatoms. The molecule has 0 spiro atoms. The van der Waals surface area contributed by atoms with E-state index in [0.29, 0.717) is 16.8 Å². The smallest absolute Gasteiger partial charge is 0.251 e. The normalized spacial score (nSPS) is 10.4. The van der Waals surface area contributed by atoms with Gasteiger partial charge >= 0.3 is 0 Å². The lowest BCUT2D eigenvalue weighted by Crippen LogP contribution is -2.21. The first-order chi connectivity index (χ1) is 9.13. The Morgan fingerprint density at radius 3 is 2.89 bits per heavy atom. The molecule has 0 fully saturated rings. The van der Waals surface area contributed by atoms with Gasteiger partial charge in [0.25, 0.3) is 5.56 Å². The van der Waals surface area contributed by atoms with Crippen LogP contribution in [0.15, 0.2) is 29.1 Å². The molecule has 2 aromatic rings. The molecule has 0 aliphatic heterocycles.